The molecule has 0 radical (unpaired) electrons. The van der Waals surface area contributed by atoms with E-state index in [1.807, 2.05) is 0 Å². The van der Waals surface area contributed by atoms with E-state index in [4.69, 9.17) is 11.2 Å². The normalized spacial score (nSPS) is 17.6. The van der Waals surface area contributed by atoms with Gasteiger partial charge in [-0.25, -0.2) is 4.79 Å². The van der Waals surface area contributed by atoms with E-state index < -0.39 is 12.0 Å². The molecule has 0 heterocycles. The van der Waals surface area contributed by atoms with Gasteiger partial charge in [0.1, 0.15) is 12.6 Å². The molecule has 0 aromatic rings. The summed E-state index contributed by atoms with van der Waals surface area (Å²) in [4.78, 5) is 23.4. The van der Waals surface area contributed by atoms with Crippen molar-refractivity contribution in [1.82, 2.24) is 5.32 Å². The zero-order valence-corrected chi connectivity index (χ0v) is 10.9. The Kier molecular flexibility index (Phi) is 6.27. The number of terminal acetylenes is 1. The van der Waals surface area contributed by atoms with Gasteiger partial charge in [-0.05, 0) is 19.8 Å². The second kappa shape index (κ2) is 7.75. The predicted octanol–water partition coefficient (Wildman–Crippen LogP) is 1.64. The van der Waals surface area contributed by atoms with Crippen LogP contribution in [0, 0.1) is 18.3 Å². The summed E-state index contributed by atoms with van der Waals surface area (Å²) < 4.78 is 4.94. The maximum absolute atomic E-state index is 11.9. The topological polar surface area (TPSA) is 55.4 Å². The highest BCUT2D eigenvalue weighted by atomic mass is 16.5. The quantitative estimate of drug-likeness (QED) is 0.459. The Hall–Kier alpha value is -1.50. The van der Waals surface area contributed by atoms with Crippen molar-refractivity contribution in [2.75, 3.05) is 6.61 Å². The van der Waals surface area contributed by atoms with Gasteiger partial charge in [-0.15, -0.1) is 12.3 Å². The number of hydrogen-bond acceptors (Lipinski definition) is 3. The van der Waals surface area contributed by atoms with Crippen molar-refractivity contribution in [3.05, 3.63) is 0 Å². The van der Waals surface area contributed by atoms with Crippen LogP contribution in [0.5, 0.6) is 0 Å². The highest BCUT2D eigenvalue weighted by Crippen LogP contribution is 2.23. The Labute approximate surface area is 108 Å². The van der Waals surface area contributed by atoms with Gasteiger partial charge in [-0.3, -0.25) is 4.79 Å². The van der Waals surface area contributed by atoms with E-state index in [1.165, 1.54) is 6.42 Å². The predicted molar refractivity (Wildman–Crippen MR) is 68.6 cm³/mol. The largest absolute Gasteiger partial charge is 0.463 e. The molecule has 0 spiro atoms. The average Bonchev–Trinajstić information content (AvgIpc) is 2.39. The van der Waals surface area contributed by atoms with Crippen molar-refractivity contribution in [2.24, 2.45) is 5.92 Å². The molecule has 1 rings (SSSR count). The van der Waals surface area contributed by atoms with Crippen molar-refractivity contribution in [3.63, 3.8) is 0 Å². The van der Waals surface area contributed by atoms with Gasteiger partial charge in [0, 0.05) is 12.3 Å². The van der Waals surface area contributed by atoms with E-state index in [2.05, 4.69) is 11.2 Å². The van der Waals surface area contributed by atoms with Crippen molar-refractivity contribution in [2.45, 2.75) is 51.5 Å². The van der Waals surface area contributed by atoms with Crippen molar-refractivity contribution >= 4 is 11.9 Å². The van der Waals surface area contributed by atoms with Crippen LogP contribution in [0.1, 0.15) is 45.4 Å². The molecular formula is C14H21NO3. The van der Waals surface area contributed by atoms with Gasteiger partial charge in [0.05, 0.1) is 0 Å². The summed E-state index contributed by atoms with van der Waals surface area (Å²) in [7, 11) is 0. The second-order valence-electron chi connectivity index (χ2n) is 4.69. The molecule has 1 saturated carbocycles. The number of carbonyl (C=O) groups excluding carboxylic acids is 2. The van der Waals surface area contributed by atoms with Crippen LogP contribution < -0.4 is 5.32 Å². The molecule has 100 valence electrons. The maximum atomic E-state index is 11.9. The van der Waals surface area contributed by atoms with Crippen LogP contribution >= 0.6 is 0 Å². The van der Waals surface area contributed by atoms with Gasteiger partial charge in [0.15, 0.2) is 0 Å². The van der Waals surface area contributed by atoms with E-state index in [-0.39, 0.29) is 18.4 Å². The molecule has 4 nitrogen and oxygen atoms in total. The third-order valence-electron chi connectivity index (χ3n) is 3.18. The number of amides is 1. The van der Waals surface area contributed by atoms with Gasteiger partial charge in [-0.1, -0.05) is 19.3 Å². The first kappa shape index (κ1) is 14.6. The number of carbonyl (C=O) groups is 2. The summed E-state index contributed by atoms with van der Waals surface area (Å²) >= 11 is 0. The van der Waals surface area contributed by atoms with Crippen molar-refractivity contribution < 1.29 is 14.3 Å². The molecule has 1 N–H and O–H groups in total. The summed E-state index contributed by atoms with van der Waals surface area (Å²) in [6.45, 7) is 1.85. The van der Waals surface area contributed by atoms with E-state index in [0.717, 1.165) is 25.7 Å². The van der Waals surface area contributed by atoms with E-state index in [9.17, 15) is 9.59 Å². The standard InChI is InChI=1S/C14H21NO3/c1-3-4-10-18-14(17)11(2)15-13(16)12-8-6-5-7-9-12/h1,11-12H,4-10H2,2H3,(H,15,16)/t11-/m0/s1. The summed E-state index contributed by atoms with van der Waals surface area (Å²) in [6.07, 6.45) is 10.7. The molecule has 1 fully saturated rings. The van der Waals surface area contributed by atoms with E-state index in [0.29, 0.717) is 6.42 Å². The number of ether oxygens (including phenoxy) is 1. The average molecular weight is 251 g/mol. The third kappa shape index (κ3) is 4.79. The van der Waals surface area contributed by atoms with Crippen LogP contribution in [0.4, 0.5) is 0 Å². The molecule has 1 aliphatic carbocycles. The minimum atomic E-state index is -0.600. The number of rotatable bonds is 5. The molecule has 0 saturated heterocycles. The minimum absolute atomic E-state index is 0.0314. The first-order valence-electron chi connectivity index (χ1n) is 6.55. The zero-order chi connectivity index (χ0) is 13.4. The molecular weight excluding hydrogens is 230 g/mol. The monoisotopic (exact) mass is 251 g/mol. The summed E-state index contributed by atoms with van der Waals surface area (Å²) in [5, 5.41) is 2.71. The van der Waals surface area contributed by atoms with E-state index >= 15 is 0 Å². The summed E-state index contributed by atoms with van der Waals surface area (Å²) in [5.74, 6) is 1.99. The number of esters is 1. The van der Waals surface area contributed by atoms with Crippen LogP contribution in [0.15, 0.2) is 0 Å². The lowest BCUT2D eigenvalue weighted by atomic mass is 9.88. The summed E-state index contributed by atoms with van der Waals surface area (Å²) in [5.41, 5.74) is 0. The third-order valence-corrected chi connectivity index (χ3v) is 3.18. The van der Waals surface area contributed by atoms with Crippen LogP contribution in [0.25, 0.3) is 0 Å². The highest BCUT2D eigenvalue weighted by molar-refractivity contribution is 5.85. The van der Waals surface area contributed by atoms with Gasteiger partial charge in [0.2, 0.25) is 5.91 Å². The Morgan fingerprint density at radius 3 is 2.67 bits per heavy atom. The number of hydrogen-bond donors (Lipinski definition) is 1. The van der Waals surface area contributed by atoms with Gasteiger partial charge < -0.3 is 10.1 Å². The molecule has 1 aliphatic rings. The lowest BCUT2D eigenvalue weighted by Crippen LogP contribution is -2.43. The van der Waals surface area contributed by atoms with Crippen molar-refractivity contribution in [3.8, 4) is 12.3 Å². The molecule has 0 unspecified atom stereocenters. The molecule has 0 bridgehead atoms. The van der Waals surface area contributed by atoms with Gasteiger partial charge >= 0.3 is 5.97 Å². The van der Waals surface area contributed by atoms with Crippen LogP contribution in [0.2, 0.25) is 0 Å². The molecule has 1 atom stereocenters. The minimum Gasteiger partial charge on any atom is -0.463 e. The Bertz CT molecular complexity index is 326. The molecule has 1 amide bonds. The smallest absolute Gasteiger partial charge is 0.328 e. The first-order valence-corrected chi connectivity index (χ1v) is 6.55. The molecule has 0 aromatic carbocycles. The summed E-state index contributed by atoms with van der Waals surface area (Å²) in [6, 6.07) is -0.600. The molecule has 0 aromatic heterocycles. The fourth-order valence-electron chi connectivity index (χ4n) is 2.09. The first-order chi connectivity index (χ1) is 8.65. The SMILES string of the molecule is C#CCCOC(=O)[C@H](C)NC(=O)C1CCCCC1. The maximum Gasteiger partial charge on any atom is 0.328 e. The van der Waals surface area contributed by atoms with Crippen LogP contribution in [-0.4, -0.2) is 24.5 Å². The van der Waals surface area contributed by atoms with Crippen LogP contribution in [0.3, 0.4) is 0 Å². The van der Waals surface area contributed by atoms with Crippen LogP contribution in [-0.2, 0) is 14.3 Å². The molecule has 0 aliphatic heterocycles. The van der Waals surface area contributed by atoms with Gasteiger partial charge in [0.25, 0.3) is 0 Å². The fourth-order valence-corrected chi connectivity index (χ4v) is 2.09. The fraction of sp³-hybridized carbons (Fsp3) is 0.714. The number of nitrogens with one attached hydrogen (secondary N) is 1. The van der Waals surface area contributed by atoms with Gasteiger partial charge in [-0.2, -0.15) is 0 Å². The molecule has 18 heavy (non-hydrogen) atoms. The molecule has 4 heteroatoms. The zero-order valence-electron chi connectivity index (χ0n) is 10.9. The van der Waals surface area contributed by atoms with E-state index in [1.54, 1.807) is 6.92 Å². The van der Waals surface area contributed by atoms with Crippen molar-refractivity contribution in [1.29, 1.82) is 0 Å². The lowest BCUT2D eigenvalue weighted by Gasteiger charge is -2.22. The Morgan fingerprint density at radius 2 is 2.06 bits per heavy atom. The Balaban J connectivity index is 2.29. The highest BCUT2D eigenvalue weighted by Gasteiger charge is 2.24. The second-order valence-corrected chi connectivity index (χ2v) is 4.69. The Morgan fingerprint density at radius 1 is 1.39 bits per heavy atom. The lowest BCUT2D eigenvalue weighted by molar-refractivity contribution is -0.147.